The lowest BCUT2D eigenvalue weighted by Gasteiger charge is -2.47. The Bertz CT molecular complexity index is 1090. The lowest BCUT2D eigenvalue weighted by molar-refractivity contribution is -0.136. The van der Waals surface area contributed by atoms with Crippen LogP contribution in [0, 0.1) is 11.8 Å². The molecule has 3 saturated heterocycles. The van der Waals surface area contributed by atoms with Crippen LogP contribution < -0.4 is 5.32 Å². The molecule has 4 amide bonds. The normalized spacial score (nSPS) is 31.0. The summed E-state index contributed by atoms with van der Waals surface area (Å²) in [4.78, 5) is 45.4. The molecular weight excluding hydrogens is 538 g/mol. The summed E-state index contributed by atoms with van der Waals surface area (Å²) in [5, 5.41) is 3.20. The third kappa shape index (κ3) is 5.48. The lowest BCUT2D eigenvalue weighted by Crippen LogP contribution is -2.60. The van der Waals surface area contributed by atoms with Crippen LogP contribution in [0.5, 0.6) is 0 Å². The minimum absolute atomic E-state index is 0. The van der Waals surface area contributed by atoms with Gasteiger partial charge in [-0.05, 0) is 69.3 Å². The fraction of sp³-hybridized carbons (Fsp3) is 0.700. The van der Waals surface area contributed by atoms with Crippen molar-refractivity contribution in [3.05, 3.63) is 35.9 Å². The quantitative estimate of drug-likeness (QED) is 0.433. The number of nitrogens with zero attached hydrogens (tertiary/aromatic N) is 3. The Balaban J connectivity index is 0.00000323. The third-order valence-corrected chi connectivity index (χ3v) is 10.1. The number of urea groups is 1. The lowest BCUT2D eigenvalue weighted by atomic mass is 9.81. The van der Waals surface area contributed by atoms with Crippen molar-refractivity contribution in [2.75, 3.05) is 20.1 Å². The largest absolute Gasteiger partial charge is 0.349 e. The van der Waals surface area contributed by atoms with Crippen molar-refractivity contribution in [2.24, 2.45) is 11.8 Å². The highest BCUT2D eigenvalue weighted by atomic mass is 35.5. The summed E-state index contributed by atoms with van der Waals surface area (Å²) in [7, 11) is 1.62. The van der Waals surface area contributed by atoms with Gasteiger partial charge in [0.15, 0.2) is 0 Å². The predicted octanol–water partition coefficient (Wildman–Crippen LogP) is 5.15. The number of carbonyl (C=O) groups is 3. The minimum Gasteiger partial charge on any atom is -0.349 e. The standard InChI is InChI=1S/C30H40F2N4O3.ClH/c1-34-27(38)29(36(28(34)39)19-20-7-8-20)17-23-9-10-24(18-29)35(23)16-13-25(21-5-3-2-4-6-21)33-26(37)22-11-14-30(31,32)15-12-22;/h2-6,20,22-25H,7-19H2,1H3,(H,33,37);1H/t23?,24?,25-,29?;/m0./s1. The van der Waals surface area contributed by atoms with Gasteiger partial charge in [0, 0.05) is 51.0 Å². The Kier molecular flexibility index (Phi) is 8.18. The van der Waals surface area contributed by atoms with Crippen LogP contribution in [0.15, 0.2) is 30.3 Å². The van der Waals surface area contributed by atoms with Crippen molar-refractivity contribution in [2.45, 2.75) is 100 Å². The topological polar surface area (TPSA) is 73.0 Å². The number of amides is 4. The zero-order valence-electron chi connectivity index (χ0n) is 23.2. The Hall–Kier alpha value is -2.26. The van der Waals surface area contributed by atoms with Gasteiger partial charge >= 0.3 is 6.03 Å². The van der Waals surface area contributed by atoms with E-state index in [9.17, 15) is 23.2 Å². The van der Waals surface area contributed by atoms with Crippen molar-refractivity contribution in [1.82, 2.24) is 20.0 Å². The first-order chi connectivity index (χ1) is 18.7. The Morgan fingerprint density at radius 3 is 2.23 bits per heavy atom. The number of piperidine rings is 1. The number of halogens is 3. The Morgan fingerprint density at radius 1 is 1.00 bits per heavy atom. The maximum Gasteiger partial charge on any atom is 0.327 e. The molecule has 1 aromatic rings. The van der Waals surface area contributed by atoms with Crippen LogP contribution in [0.4, 0.5) is 13.6 Å². The van der Waals surface area contributed by atoms with Gasteiger partial charge in [-0.2, -0.15) is 0 Å². The van der Waals surface area contributed by atoms with E-state index >= 15 is 0 Å². The van der Waals surface area contributed by atoms with E-state index in [1.165, 1.54) is 4.90 Å². The first-order valence-corrected chi connectivity index (χ1v) is 14.8. The molecule has 1 N–H and O–H groups in total. The second-order valence-electron chi connectivity index (χ2n) is 12.7. The number of hydrogen-bond acceptors (Lipinski definition) is 4. The molecule has 3 heterocycles. The van der Waals surface area contributed by atoms with Gasteiger partial charge in [-0.25, -0.2) is 13.6 Å². The molecule has 6 rings (SSSR count). The van der Waals surface area contributed by atoms with E-state index in [-0.39, 0.29) is 80.0 Å². The predicted molar refractivity (Wildman–Crippen MR) is 149 cm³/mol. The van der Waals surface area contributed by atoms with Crippen molar-refractivity contribution < 1.29 is 23.2 Å². The first kappa shape index (κ1) is 29.2. The number of nitrogens with one attached hydrogen (secondary N) is 1. The van der Waals surface area contributed by atoms with E-state index in [2.05, 4.69) is 10.2 Å². The summed E-state index contributed by atoms with van der Waals surface area (Å²) in [5.41, 5.74) is 0.300. The van der Waals surface area contributed by atoms with Gasteiger partial charge in [-0.1, -0.05) is 30.3 Å². The molecule has 2 saturated carbocycles. The van der Waals surface area contributed by atoms with Gasteiger partial charge < -0.3 is 10.2 Å². The van der Waals surface area contributed by atoms with E-state index in [4.69, 9.17) is 0 Å². The highest BCUT2D eigenvalue weighted by molar-refractivity contribution is 6.07. The first-order valence-electron chi connectivity index (χ1n) is 14.8. The smallest absolute Gasteiger partial charge is 0.327 e. The Labute approximate surface area is 241 Å². The summed E-state index contributed by atoms with van der Waals surface area (Å²) < 4.78 is 27.3. The third-order valence-electron chi connectivity index (χ3n) is 10.1. The number of hydrogen-bond donors (Lipinski definition) is 1. The number of rotatable bonds is 8. The Morgan fingerprint density at radius 2 is 1.62 bits per heavy atom. The molecule has 0 radical (unpaired) electrons. The average molecular weight is 579 g/mol. The van der Waals surface area contributed by atoms with Gasteiger partial charge in [0.25, 0.3) is 5.91 Å². The maximum atomic E-state index is 13.7. The molecule has 2 bridgehead atoms. The number of imide groups is 1. The molecule has 40 heavy (non-hydrogen) atoms. The summed E-state index contributed by atoms with van der Waals surface area (Å²) >= 11 is 0. The van der Waals surface area contributed by atoms with Crippen molar-refractivity contribution in [1.29, 1.82) is 0 Å². The van der Waals surface area contributed by atoms with E-state index < -0.39 is 11.5 Å². The molecule has 0 aromatic heterocycles. The number of benzene rings is 1. The average Bonchev–Trinajstić information content (AvgIpc) is 3.69. The van der Waals surface area contributed by atoms with Crippen LogP contribution in [-0.4, -0.2) is 76.2 Å². The van der Waals surface area contributed by atoms with Gasteiger partial charge in [-0.3, -0.25) is 19.4 Å². The molecule has 2 unspecified atom stereocenters. The zero-order valence-corrected chi connectivity index (χ0v) is 24.0. The van der Waals surface area contributed by atoms with E-state index in [1.807, 2.05) is 35.2 Å². The second kappa shape index (κ2) is 11.2. The molecule has 220 valence electrons. The molecule has 7 nitrogen and oxygen atoms in total. The van der Waals surface area contributed by atoms with Gasteiger partial charge in [0.05, 0.1) is 6.04 Å². The highest BCUT2D eigenvalue weighted by Gasteiger charge is 2.62. The molecule has 1 aromatic carbocycles. The highest BCUT2D eigenvalue weighted by Crippen LogP contribution is 2.48. The zero-order chi connectivity index (χ0) is 27.4. The second-order valence-corrected chi connectivity index (χ2v) is 12.7. The van der Waals surface area contributed by atoms with Crippen molar-refractivity contribution in [3.63, 3.8) is 0 Å². The SMILES string of the molecule is CN1C(=O)N(CC2CC2)C2(CC3CCC(C2)N3CC[C@H](NC(=O)C2CCC(F)(F)CC2)c2ccccc2)C1=O.Cl. The molecule has 5 fully saturated rings. The molecule has 3 atom stereocenters. The molecule has 1 spiro atoms. The summed E-state index contributed by atoms with van der Waals surface area (Å²) in [6.45, 7) is 1.46. The number of likely N-dealkylation sites (N-methyl/N-ethyl adjacent to an activating group) is 1. The fourth-order valence-electron chi connectivity index (χ4n) is 7.64. The van der Waals surface area contributed by atoms with Crippen LogP contribution >= 0.6 is 12.4 Å². The monoisotopic (exact) mass is 578 g/mol. The molecule has 5 aliphatic rings. The molecule has 10 heteroatoms. The van der Waals surface area contributed by atoms with E-state index in [0.29, 0.717) is 31.7 Å². The van der Waals surface area contributed by atoms with Gasteiger partial charge in [-0.15, -0.1) is 12.4 Å². The van der Waals surface area contributed by atoms with Crippen molar-refractivity contribution in [3.8, 4) is 0 Å². The van der Waals surface area contributed by atoms with Crippen LogP contribution in [0.2, 0.25) is 0 Å². The minimum atomic E-state index is -2.66. The number of alkyl halides is 2. The van der Waals surface area contributed by atoms with E-state index in [1.54, 1.807) is 7.05 Å². The van der Waals surface area contributed by atoms with Gasteiger partial charge in [0.1, 0.15) is 5.54 Å². The number of carbonyl (C=O) groups excluding carboxylic acids is 3. The molecule has 3 aliphatic heterocycles. The maximum absolute atomic E-state index is 13.7. The summed E-state index contributed by atoms with van der Waals surface area (Å²) in [6.07, 6.45) is 6.31. The van der Waals surface area contributed by atoms with Crippen molar-refractivity contribution >= 4 is 30.3 Å². The van der Waals surface area contributed by atoms with Crippen LogP contribution in [-0.2, 0) is 9.59 Å². The van der Waals surface area contributed by atoms with Crippen LogP contribution in [0.1, 0.15) is 82.2 Å². The summed E-state index contributed by atoms with van der Waals surface area (Å²) in [5.74, 6) is -2.69. The van der Waals surface area contributed by atoms with Crippen LogP contribution in [0.25, 0.3) is 0 Å². The molecule has 2 aliphatic carbocycles. The van der Waals surface area contributed by atoms with Crippen LogP contribution in [0.3, 0.4) is 0 Å². The van der Waals surface area contributed by atoms with Gasteiger partial charge in [0.2, 0.25) is 11.8 Å². The number of fused-ring (bicyclic) bond motifs is 2. The van der Waals surface area contributed by atoms with E-state index in [0.717, 1.165) is 37.8 Å². The summed E-state index contributed by atoms with van der Waals surface area (Å²) in [6, 6.07) is 9.97. The fourth-order valence-corrected chi connectivity index (χ4v) is 7.64. The molecular formula is C30H41ClF2N4O3.